The van der Waals surface area contributed by atoms with Gasteiger partial charge in [0.25, 0.3) is 0 Å². The third-order valence-electron chi connectivity index (χ3n) is 6.76. The number of hydrogen-bond donors (Lipinski definition) is 0. The first-order valence-electron chi connectivity index (χ1n) is 9.29. The molecule has 1 saturated heterocycles. The fourth-order valence-electron chi connectivity index (χ4n) is 5.80. The Labute approximate surface area is 139 Å². The fourth-order valence-corrected chi connectivity index (χ4v) is 5.80. The molecule has 1 saturated carbocycles. The molecule has 2 fully saturated rings. The zero-order chi connectivity index (χ0) is 15.3. The highest BCUT2D eigenvalue weighted by Crippen LogP contribution is 2.56. The summed E-state index contributed by atoms with van der Waals surface area (Å²) < 4.78 is 0. The third-order valence-corrected chi connectivity index (χ3v) is 6.76. The van der Waals surface area contributed by atoms with E-state index in [2.05, 4.69) is 59.5 Å². The molecular weight excluding hydrogens is 278 g/mol. The maximum Gasteiger partial charge on any atom is 0.0492 e. The van der Waals surface area contributed by atoms with E-state index >= 15 is 0 Å². The van der Waals surface area contributed by atoms with Gasteiger partial charge in [-0.2, -0.15) is 0 Å². The second kappa shape index (κ2) is 5.21. The van der Waals surface area contributed by atoms with Crippen LogP contribution in [-0.4, -0.2) is 18.0 Å². The first-order chi connectivity index (χ1) is 11.4. The van der Waals surface area contributed by atoms with Gasteiger partial charge in [0.1, 0.15) is 0 Å². The molecule has 2 aliphatic heterocycles. The van der Waals surface area contributed by atoms with Crippen molar-refractivity contribution in [2.24, 2.45) is 5.92 Å². The molecule has 5 rings (SSSR count). The molecule has 3 atom stereocenters. The Hall–Kier alpha value is -1.60. The summed E-state index contributed by atoms with van der Waals surface area (Å²) >= 11 is 0. The molecule has 0 radical (unpaired) electrons. The first kappa shape index (κ1) is 13.8. The lowest BCUT2D eigenvalue weighted by Crippen LogP contribution is -2.52. The molecule has 3 aliphatic rings. The van der Waals surface area contributed by atoms with Gasteiger partial charge in [-0.25, -0.2) is 0 Å². The molecule has 0 unspecified atom stereocenters. The molecule has 2 aromatic rings. The van der Waals surface area contributed by atoms with E-state index in [9.17, 15) is 0 Å². The van der Waals surface area contributed by atoms with E-state index in [1.54, 1.807) is 11.1 Å². The zero-order valence-corrected chi connectivity index (χ0v) is 13.7. The second-order valence-electron chi connectivity index (χ2n) is 7.65. The minimum Gasteiger partial charge on any atom is -0.292 e. The Kier molecular flexibility index (Phi) is 3.12. The molecule has 1 aliphatic carbocycles. The van der Waals surface area contributed by atoms with Crippen molar-refractivity contribution in [1.29, 1.82) is 0 Å². The lowest BCUT2D eigenvalue weighted by molar-refractivity contribution is 0.0453. The van der Waals surface area contributed by atoms with Crippen LogP contribution in [0.5, 0.6) is 0 Å². The number of nitrogens with zero attached hydrogens (tertiary/aromatic N) is 1. The smallest absolute Gasteiger partial charge is 0.0492 e. The largest absolute Gasteiger partial charge is 0.292 e. The highest BCUT2D eigenvalue weighted by atomic mass is 15.2. The predicted molar refractivity (Wildman–Crippen MR) is 94.6 cm³/mol. The van der Waals surface area contributed by atoms with Crippen molar-refractivity contribution in [2.75, 3.05) is 13.1 Å². The molecule has 2 aromatic carbocycles. The molecule has 2 heterocycles. The van der Waals surface area contributed by atoms with Gasteiger partial charge in [0.05, 0.1) is 0 Å². The predicted octanol–water partition coefficient (Wildman–Crippen LogP) is 4.92. The summed E-state index contributed by atoms with van der Waals surface area (Å²) in [6, 6.07) is 20.5. The fraction of sp³-hybridized carbons (Fsp3) is 0.455. The Morgan fingerprint density at radius 3 is 2.61 bits per heavy atom. The summed E-state index contributed by atoms with van der Waals surface area (Å²) in [6.45, 7) is 2.50. The molecule has 0 N–H and O–H groups in total. The lowest BCUT2D eigenvalue weighted by Gasteiger charge is -2.51. The molecular formula is C22H25N. The minimum absolute atomic E-state index is 0.361. The van der Waals surface area contributed by atoms with Crippen molar-refractivity contribution >= 4 is 0 Å². The summed E-state index contributed by atoms with van der Waals surface area (Å²) in [4.78, 5) is 2.86. The maximum atomic E-state index is 2.86. The van der Waals surface area contributed by atoms with Crippen LogP contribution >= 0.6 is 0 Å². The van der Waals surface area contributed by atoms with Crippen LogP contribution < -0.4 is 0 Å². The summed E-state index contributed by atoms with van der Waals surface area (Å²) in [7, 11) is 0. The van der Waals surface area contributed by atoms with E-state index in [-0.39, 0.29) is 0 Å². The van der Waals surface area contributed by atoms with Crippen molar-refractivity contribution in [2.45, 2.75) is 43.6 Å². The van der Waals surface area contributed by atoms with Crippen LogP contribution in [0.1, 0.15) is 54.7 Å². The Balaban J connectivity index is 1.68. The van der Waals surface area contributed by atoms with Gasteiger partial charge in [-0.15, -0.1) is 0 Å². The maximum absolute atomic E-state index is 2.86. The van der Waals surface area contributed by atoms with Gasteiger partial charge in [-0.1, -0.05) is 67.4 Å². The quantitative estimate of drug-likeness (QED) is 0.722. The van der Waals surface area contributed by atoms with Gasteiger partial charge in [0.15, 0.2) is 0 Å². The van der Waals surface area contributed by atoms with Crippen LogP contribution in [0.25, 0.3) is 0 Å². The van der Waals surface area contributed by atoms with Gasteiger partial charge >= 0.3 is 0 Å². The average molecular weight is 303 g/mol. The van der Waals surface area contributed by atoms with Gasteiger partial charge in [-0.3, -0.25) is 4.90 Å². The highest BCUT2D eigenvalue weighted by Gasteiger charge is 2.54. The summed E-state index contributed by atoms with van der Waals surface area (Å²) in [5.74, 6) is 1.42. The standard InChI is InChI=1S/C22H25N/c1-2-8-17(9-3-1)20-16-23-15-13-18-10-6-7-14-22(18,23)21-12-5-4-11-19(20)21/h1-5,8-9,11-12,18,20H,6-7,10,13-16H2/t18-,20+,22-/m0/s1. The highest BCUT2D eigenvalue weighted by molar-refractivity contribution is 5.46. The van der Waals surface area contributed by atoms with Crippen molar-refractivity contribution in [3.8, 4) is 0 Å². The molecule has 1 heteroatoms. The first-order valence-corrected chi connectivity index (χ1v) is 9.29. The number of hydrogen-bond acceptors (Lipinski definition) is 1. The molecule has 0 aromatic heterocycles. The molecule has 1 nitrogen and oxygen atoms in total. The minimum atomic E-state index is 0.361. The number of benzene rings is 2. The molecule has 1 spiro atoms. The molecule has 0 bridgehead atoms. The summed E-state index contributed by atoms with van der Waals surface area (Å²) in [6.07, 6.45) is 7.04. The van der Waals surface area contributed by atoms with Crippen LogP contribution in [0.3, 0.4) is 0 Å². The summed E-state index contributed by atoms with van der Waals surface area (Å²) in [5.41, 5.74) is 5.10. The van der Waals surface area contributed by atoms with Gasteiger partial charge in [0, 0.05) is 18.0 Å². The van der Waals surface area contributed by atoms with Gasteiger partial charge in [-0.05, 0) is 48.4 Å². The van der Waals surface area contributed by atoms with E-state index < -0.39 is 0 Å². The topological polar surface area (TPSA) is 3.24 Å². The van der Waals surface area contributed by atoms with Crippen molar-refractivity contribution in [3.05, 3.63) is 71.3 Å². The van der Waals surface area contributed by atoms with Crippen LogP contribution in [0.15, 0.2) is 54.6 Å². The van der Waals surface area contributed by atoms with Crippen LogP contribution in [0.4, 0.5) is 0 Å². The van der Waals surface area contributed by atoms with E-state index in [1.807, 2.05) is 0 Å². The summed E-state index contributed by atoms with van der Waals surface area (Å²) in [5, 5.41) is 0. The van der Waals surface area contributed by atoms with E-state index in [0.29, 0.717) is 11.5 Å². The van der Waals surface area contributed by atoms with E-state index in [1.165, 1.54) is 50.8 Å². The van der Waals surface area contributed by atoms with Crippen LogP contribution in [0.2, 0.25) is 0 Å². The van der Waals surface area contributed by atoms with Crippen LogP contribution in [0, 0.1) is 5.92 Å². The molecule has 23 heavy (non-hydrogen) atoms. The lowest BCUT2D eigenvalue weighted by atomic mass is 9.65. The van der Waals surface area contributed by atoms with Gasteiger partial charge < -0.3 is 0 Å². The van der Waals surface area contributed by atoms with E-state index in [4.69, 9.17) is 0 Å². The van der Waals surface area contributed by atoms with E-state index in [0.717, 1.165) is 5.92 Å². The Morgan fingerprint density at radius 2 is 1.70 bits per heavy atom. The number of rotatable bonds is 1. The molecule has 0 amide bonds. The SMILES string of the molecule is c1ccc([C@H]2CN3CC[C@@H]4CCCC[C@@]43c3ccccc32)cc1. The van der Waals surface area contributed by atoms with Crippen molar-refractivity contribution in [1.82, 2.24) is 4.90 Å². The number of fused-ring (bicyclic) bond motifs is 1. The Bertz CT molecular complexity index is 707. The zero-order valence-electron chi connectivity index (χ0n) is 13.7. The van der Waals surface area contributed by atoms with Crippen molar-refractivity contribution < 1.29 is 0 Å². The van der Waals surface area contributed by atoms with Crippen LogP contribution in [-0.2, 0) is 5.54 Å². The van der Waals surface area contributed by atoms with Crippen molar-refractivity contribution in [3.63, 3.8) is 0 Å². The van der Waals surface area contributed by atoms with Gasteiger partial charge in [0.2, 0.25) is 0 Å². The average Bonchev–Trinajstić information content (AvgIpc) is 3.02. The monoisotopic (exact) mass is 303 g/mol. The third kappa shape index (κ3) is 1.89. The second-order valence-corrected chi connectivity index (χ2v) is 7.65. The molecule has 118 valence electrons. The normalized spacial score (nSPS) is 32.9. The Morgan fingerprint density at radius 1 is 0.870 bits per heavy atom.